The first-order valence-corrected chi connectivity index (χ1v) is 8.36. The topological polar surface area (TPSA) is 83.3 Å². The van der Waals surface area contributed by atoms with Gasteiger partial charge in [0.1, 0.15) is 17.3 Å². The van der Waals surface area contributed by atoms with Crippen molar-refractivity contribution >= 4 is 17.3 Å². The van der Waals surface area contributed by atoms with E-state index in [1.165, 1.54) is 6.92 Å². The molecule has 3 rings (SSSR count). The number of hydrogen-bond donors (Lipinski definition) is 0. The Labute approximate surface area is 147 Å². The number of carbonyl (C=O) groups is 2. The summed E-state index contributed by atoms with van der Waals surface area (Å²) in [6.45, 7) is 4.91. The minimum Gasteiger partial charge on any atom is -0.378 e. The third-order valence-electron chi connectivity index (χ3n) is 5.21. The van der Waals surface area contributed by atoms with Crippen molar-refractivity contribution in [3.63, 3.8) is 0 Å². The Balaban J connectivity index is 2.07. The first-order chi connectivity index (χ1) is 11.9. The van der Waals surface area contributed by atoms with Gasteiger partial charge in [-0.3, -0.25) is 14.6 Å². The van der Waals surface area contributed by atoms with Crippen LogP contribution >= 0.6 is 0 Å². The first-order valence-electron chi connectivity index (χ1n) is 8.36. The smallest absolute Gasteiger partial charge is 0.179 e. The molecule has 6 nitrogen and oxygen atoms in total. The van der Waals surface area contributed by atoms with Crippen molar-refractivity contribution in [1.82, 2.24) is 9.88 Å². The Morgan fingerprint density at radius 1 is 1.40 bits per heavy atom. The van der Waals surface area contributed by atoms with Gasteiger partial charge in [-0.05, 0) is 31.4 Å². The molecule has 1 aromatic heterocycles. The fourth-order valence-electron chi connectivity index (χ4n) is 3.42. The second kappa shape index (κ2) is 6.41. The summed E-state index contributed by atoms with van der Waals surface area (Å²) in [5.41, 5.74) is 2.52. The lowest BCUT2D eigenvalue weighted by atomic mass is 9.86. The van der Waals surface area contributed by atoms with Crippen LogP contribution in [0, 0.1) is 11.3 Å². The molecular weight excluding hydrogens is 318 g/mol. The molecule has 130 valence electrons. The third kappa shape index (κ3) is 3.08. The van der Waals surface area contributed by atoms with Crippen LogP contribution in [-0.4, -0.2) is 47.3 Å². The summed E-state index contributed by atoms with van der Waals surface area (Å²) in [5.74, 6) is -0.328. The summed E-state index contributed by atoms with van der Waals surface area (Å²) in [6.07, 6.45) is 3.34. The van der Waals surface area contributed by atoms with E-state index in [0.717, 1.165) is 24.0 Å². The fraction of sp³-hybridized carbons (Fsp3) is 0.474. The molecule has 0 radical (unpaired) electrons. The largest absolute Gasteiger partial charge is 0.378 e. The number of nitrogens with zero attached hydrogens (tertiary/aromatic N) is 3. The van der Waals surface area contributed by atoms with Gasteiger partial charge in [0.25, 0.3) is 0 Å². The zero-order valence-corrected chi connectivity index (χ0v) is 14.8. The Morgan fingerprint density at radius 3 is 2.64 bits per heavy atom. The molecule has 0 unspecified atom stereocenters. The van der Waals surface area contributed by atoms with Gasteiger partial charge in [0.15, 0.2) is 11.6 Å². The van der Waals surface area contributed by atoms with Gasteiger partial charge in [0.05, 0.1) is 11.3 Å². The second-order valence-electron chi connectivity index (χ2n) is 6.86. The fourth-order valence-corrected chi connectivity index (χ4v) is 3.42. The molecule has 1 aliphatic carbocycles. The second-order valence-corrected chi connectivity index (χ2v) is 6.86. The van der Waals surface area contributed by atoms with E-state index in [0.29, 0.717) is 24.5 Å². The summed E-state index contributed by atoms with van der Waals surface area (Å²) in [4.78, 5) is 30.3. The molecule has 2 heterocycles. The van der Waals surface area contributed by atoms with Crippen LogP contribution in [0.25, 0.3) is 5.70 Å². The van der Waals surface area contributed by atoms with Crippen molar-refractivity contribution in [2.75, 3.05) is 20.2 Å². The van der Waals surface area contributed by atoms with E-state index < -0.39 is 0 Å². The van der Waals surface area contributed by atoms with Crippen LogP contribution in [-0.2, 0) is 16.0 Å². The van der Waals surface area contributed by atoms with Gasteiger partial charge in [-0.2, -0.15) is 5.26 Å². The van der Waals surface area contributed by atoms with Crippen molar-refractivity contribution in [3.05, 3.63) is 34.7 Å². The van der Waals surface area contributed by atoms with Crippen molar-refractivity contribution in [1.29, 1.82) is 5.26 Å². The van der Waals surface area contributed by atoms with E-state index in [1.54, 1.807) is 19.4 Å². The van der Waals surface area contributed by atoms with E-state index >= 15 is 0 Å². The van der Waals surface area contributed by atoms with E-state index in [-0.39, 0.29) is 29.2 Å². The average molecular weight is 339 g/mol. The van der Waals surface area contributed by atoms with E-state index in [1.807, 2.05) is 0 Å². The van der Waals surface area contributed by atoms with Gasteiger partial charge in [-0.15, -0.1) is 0 Å². The lowest BCUT2D eigenvalue weighted by molar-refractivity contribution is -0.114. The van der Waals surface area contributed by atoms with E-state index in [2.05, 4.69) is 22.9 Å². The van der Waals surface area contributed by atoms with E-state index in [9.17, 15) is 14.9 Å². The van der Waals surface area contributed by atoms with Crippen molar-refractivity contribution < 1.29 is 14.3 Å². The molecule has 25 heavy (non-hydrogen) atoms. The molecule has 1 fully saturated rings. The molecule has 1 aromatic rings. The van der Waals surface area contributed by atoms with E-state index in [4.69, 9.17) is 4.74 Å². The Kier molecular flexibility index (Phi) is 4.44. The quantitative estimate of drug-likeness (QED) is 0.785. The number of likely N-dealkylation sites (tertiary alicyclic amines) is 1. The van der Waals surface area contributed by atoms with Crippen LogP contribution in [0.15, 0.2) is 17.8 Å². The molecule has 2 aliphatic rings. The number of piperidine rings is 1. The number of hydrogen-bond acceptors (Lipinski definition) is 6. The zero-order chi connectivity index (χ0) is 18.2. The molecule has 0 aromatic carbocycles. The van der Waals surface area contributed by atoms with Crippen LogP contribution < -0.4 is 0 Å². The number of allylic oxidation sites excluding steroid dienone is 1. The maximum absolute atomic E-state index is 12.4. The molecular formula is C19H21N3O3. The number of rotatable bonds is 3. The minimum atomic E-state index is -0.192. The molecule has 0 spiro atoms. The lowest BCUT2D eigenvalue weighted by Crippen LogP contribution is -2.43. The summed E-state index contributed by atoms with van der Waals surface area (Å²) in [5, 5.41) is 9.55. The monoisotopic (exact) mass is 339 g/mol. The number of fused-ring (bicyclic) bond motifs is 1. The van der Waals surface area contributed by atoms with Gasteiger partial charge in [0, 0.05) is 45.3 Å². The highest BCUT2D eigenvalue weighted by molar-refractivity contribution is 6.10. The van der Waals surface area contributed by atoms with Crippen LogP contribution in [0.2, 0.25) is 0 Å². The summed E-state index contributed by atoms with van der Waals surface area (Å²) < 4.78 is 5.58. The summed E-state index contributed by atoms with van der Waals surface area (Å²) >= 11 is 0. The number of Topliss-reactive ketones (excluding diaryl/α,β-unsaturated/α-hetero) is 2. The molecule has 0 saturated carbocycles. The SMILES string of the molecule is COC1(C)CCN(C2=C(C#N)C(=O)Cc3cnc(C(C)=O)cc32)CC1. The standard InChI is InChI=1S/C19H21N3O3/c1-12(23)16-9-14-13(11-21-16)8-17(24)15(10-20)18(14)22-6-4-19(2,25-3)5-7-22/h9,11H,4-8H2,1-3H3. The molecule has 0 N–H and O–H groups in total. The number of ketones is 2. The van der Waals surface area contributed by atoms with Gasteiger partial charge in [0.2, 0.25) is 0 Å². The third-order valence-corrected chi connectivity index (χ3v) is 5.21. The maximum Gasteiger partial charge on any atom is 0.179 e. The number of ether oxygens (including phenoxy) is 1. The number of carbonyl (C=O) groups excluding carboxylic acids is 2. The first kappa shape index (κ1) is 17.3. The predicted molar refractivity (Wildman–Crippen MR) is 91.7 cm³/mol. The zero-order valence-electron chi connectivity index (χ0n) is 14.8. The molecule has 1 aliphatic heterocycles. The highest BCUT2D eigenvalue weighted by atomic mass is 16.5. The van der Waals surface area contributed by atoms with Gasteiger partial charge in [-0.1, -0.05) is 0 Å². The molecule has 0 atom stereocenters. The minimum absolute atomic E-state index is 0.136. The molecule has 0 bridgehead atoms. The van der Waals surface area contributed by atoms with Crippen LogP contribution in [0.5, 0.6) is 0 Å². The van der Waals surface area contributed by atoms with Gasteiger partial charge < -0.3 is 9.64 Å². The number of aromatic nitrogens is 1. The Bertz CT molecular complexity index is 812. The van der Waals surface area contributed by atoms with Gasteiger partial charge >= 0.3 is 0 Å². The van der Waals surface area contributed by atoms with Crippen LogP contribution in [0.4, 0.5) is 0 Å². The summed E-state index contributed by atoms with van der Waals surface area (Å²) in [7, 11) is 1.71. The highest BCUT2D eigenvalue weighted by Gasteiger charge is 2.35. The van der Waals surface area contributed by atoms with Crippen molar-refractivity contribution in [2.45, 2.75) is 38.7 Å². The molecule has 0 amide bonds. The van der Waals surface area contributed by atoms with Crippen LogP contribution in [0.1, 0.15) is 48.3 Å². The van der Waals surface area contributed by atoms with Crippen LogP contribution in [0.3, 0.4) is 0 Å². The van der Waals surface area contributed by atoms with Crippen molar-refractivity contribution in [3.8, 4) is 6.07 Å². The maximum atomic E-state index is 12.4. The number of methoxy groups -OCH3 is 1. The number of pyridine rings is 1. The molecule has 6 heteroatoms. The molecule has 1 saturated heterocycles. The number of nitriles is 1. The van der Waals surface area contributed by atoms with Crippen molar-refractivity contribution in [2.24, 2.45) is 0 Å². The Hall–Kier alpha value is -2.52. The van der Waals surface area contributed by atoms with Gasteiger partial charge in [-0.25, -0.2) is 0 Å². The average Bonchev–Trinajstić information content (AvgIpc) is 2.61. The highest BCUT2D eigenvalue weighted by Crippen LogP contribution is 2.36. The summed E-state index contributed by atoms with van der Waals surface area (Å²) in [6, 6.07) is 3.79. The Morgan fingerprint density at radius 2 is 2.08 bits per heavy atom. The predicted octanol–water partition coefficient (Wildman–Crippen LogP) is 2.14. The lowest BCUT2D eigenvalue weighted by Gasteiger charge is -2.41. The normalized spacial score (nSPS) is 19.4.